The average molecular weight is 524 g/mol. The van der Waals surface area contributed by atoms with Crippen LogP contribution in [0.2, 0.25) is 5.02 Å². The highest BCUT2D eigenvalue weighted by atomic mass is 79.9. The fraction of sp³-hybridized carbons (Fsp3) is 0.143. The second-order valence-corrected chi connectivity index (χ2v) is 8.27. The lowest BCUT2D eigenvalue weighted by molar-refractivity contribution is -0.119. The van der Waals surface area contributed by atoms with Gasteiger partial charge < -0.3 is 14.8 Å². The topological polar surface area (TPSA) is 94.6 Å². The van der Waals surface area contributed by atoms with Crippen molar-refractivity contribution in [2.45, 2.75) is 6.92 Å². The lowest BCUT2D eigenvalue weighted by atomic mass is 10.0. The first-order valence-corrected chi connectivity index (χ1v) is 11.1. The molecule has 1 aromatic carbocycles. The van der Waals surface area contributed by atoms with Crippen LogP contribution in [0.5, 0.6) is 0 Å². The number of amides is 1. The molecule has 0 unspecified atom stereocenters. The van der Waals surface area contributed by atoms with E-state index in [0.29, 0.717) is 20.6 Å². The standard InChI is InChI=1S/C21H16BrClN2O5S/c1-2-29-21(28)18-15(14-5-3-4-6-16(14)23)11-31-19(18)25-17(26)10-30-20(27)12-7-13(22)9-24-8-12/h3-9,11H,2,10H2,1H3,(H,25,26). The summed E-state index contributed by atoms with van der Waals surface area (Å²) in [6, 6.07) is 8.58. The summed E-state index contributed by atoms with van der Waals surface area (Å²) in [6.07, 6.45) is 2.85. The number of rotatable bonds is 7. The molecule has 2 aromatic heterocycles. The number of aromatic nitrogens is 1. The maximum Gasteiger partial charge on any atom is 0.341 e. The van der Waals surface area contributed by atoms with Crippen LogP contribution in [0.25, 0.3) is 11.1 Å². The van der Waals surface area contributed by atoms with E-state index in [0.717, 1.165) is 11.3 Å². The highest BCUT2D eigenvalue weighted by Crippen LogP contribution is 2.39. The van der Waals surface area contributed by atoms with E-state index in [2.05, 4.69) is 26.2 Å². The van der Waals surface area contributed by atoms with Gasteiger partial charge in [0.2, 0.25) is 0 Å². The van der Waals surface area contributed by atoms with Crippen molar-refractivity contribution in [3.63, 3.8) is 0 Å². The van der Waals surface area contributed by atoms with Crippen molar-refractivity contribution in [1.82, 2.24) is 4.98 Å². The summed E-state index contributed by atoms with van der Waals surface area (Å²) in [5, 5.41) is 5.06. The third-order valence-electron chi connectivity index (χ3n) is 3.96. The van der Waals surface area contributed by atoms with E-state index in [1.165, 1.54) is 18.5 Å². The minimum absolute atomic E-state index is 0.169. The number of carbonyl (C=O) groups is 3. The van der Waals surface area contributed by atoms with Gasteiger partial charge in [0.05, 0.1) is 12.2 Å². The molecule has 3 rings (SSSR count). The average Bonchev–Trinajstić information content (AvgIpc) is 3.15. The van der Waals surface area contributed by atoms with Gasteiger partial charge in [-0.05, 0) is 35.0 Å². The van der Waals surface area contributed by atoms with Gasteiger partial charge in [-0.3, -0.25) is 9.78 Å². The van der Waals surface area contributed by atoms with Crippen LogP contribution in [0.1, 0.15) is 27.6 Å². The van der Waals surface area contributed by atoms with Gasteiger partial charge in [0.1, 0.15) is 10.6 Å². The summed E-state index contributed by atoms with van der Waals surface area (Å²) < 4.78 is 10.8. The summed E-state index contributed by atoms with van der Waals surface area (Å²) >= 11 is 10.6. The molecule has 0 aliphatic carbocycles. The van der Waals surface area contributed by atoms with Gasteiger partial charge in [-0.25, -0.2) is 9.59 Å². The molecule has 0 saturated heterocycles. The predicted molar refractivity (Wildman–Crippen MR) is 122 cm³/mol. The highest BCUT2D eigenvalue weighted by Gasteiger charge is 2.24. The number of nitrogens with zero attached hydrogens (tertiary/aromatic N) is 1. The van der Waals surface area contributed by atoms with Crippen LogP contribution >= 0.6 is 38.9 Å². The van der Waals surface area contributed by atoms with Gasteiger partial charge in [-0.2, -0.15) is 0 Å². The number of hydrogen-bond donors (Lipinski definition) is 1. The van der Waals surface area contributed by atoms with Crippen molar-refractivity contribution < 1.29 is 23.9 Å². The van der Waals surface area contributed by atoms with E-state index in [9.17, 15) is 14.4 Å². The van der Waals surface area contributed by atoms with Crippen LogP contribution in [0.4, 0.5) is 5.00 Å². The smallest absolute Gasteiger partial charge is 0.341 e. The molecule has 1 amide bonds. The molecule has 0 spiro atoms. The molecule has 0 saturated carbocycles. The Morgan fingerprint density at radius 1 is 1.13 bits per heavy atom. The summed E-state index contributed by atoms with van der Waals surface area (Å²) in [5.74, 6) is -1.89. The number of nitrogens with one attached hydrogen (secondary N) is 1. The molecule has 160 valence electrons. The number of thiophene rings is 1. The SMILES string of the molecule is CCOC(=O)c1c(-c2ccccc2Cl)csc1NC(=O)COC(=O)c1cncc(Br)c1. The summed E-state index contributed by atoms with van der Waals surface area (Å²) in [6.45, 7) is 1.32. The van der Waals surface area contributed by atoms with E-state index in [4.69, 9.17) is 21.1 Å². The zero-order valence-corrected chi connectivity index (χ0v) is 19.3. The number of carbonyl (C=O) groups excluding carboxylic acids is 3. The minimum atomic E-state index is -0.697. The Morgan fingerprint density at radius 3 is 2.61 bits per heavy atom. The van der Waals surface area contributed by atoms with E-state index in [1.54, 1.807) is 36.6 Å². The molecule has 3 aromatic rings. The van der Waals surface area contributed by atoms with E-state index < -0.39 is 24.5 Å². The van der Waals surface area contributed by atoms with Crippen LogP contribution in [-0.4, -0.2) is 36.0 Å². The molecular formula is C21H16BrClN2O5S. The first-order chi connectivity index (χ1) is 14.9. The normalized spacial score (nSPS) is 10.4. The zero-order chi connectivity index (χ0) is 22.4. The number of hydrogen-bond acceptors (Lipinski definition) is 7. The molecule has 7 nitrogen and oxygen atoms in total. The molecule has 0 bridgehead atoms. The van der Waals surface area contributed by atoms with Crippen molar-refractivity contribution in [3.8, 4) is 11.1 Å². The number of pyridine rings is 1. The van der Waals surface area contributed by atoms with Gasteiger partial charge in [0, 0.05) is 38.4 Å². The van der Waals surface area contributed by atoms with Crippen molar-refractivity contribution in [3.05, 3.63) is 68.7 Å². The number of benzene rings is 1. The van der Waals surface area contributed by atoms with E-state index >= 15 is 0 Å². The predicted octanol–water partition coefficient (Wildman–Crippen LogP) is 5.20. The van der Waals surface area contributed by atoms with Crippen LogP contribution in [-0.2, 0) is 14.3 Å². The highest BCUT2D eigenvalue weighted by molar-refractivity contribution is 9.10. The Balaban J connectivity index is 1.77. The van der Waals surface area contributed by atoms with Gasteiger partial charge in [-0.15, -0.1) is 11.3 Å². The van der Waals surface area contributed by atoms with Crippen molar-refractivity contribution in [2.75, 3.05) is 18.5 Å². The number of halogens is 2. The van der Waals surface area contributed by atoms with Crippen LogP contribution in [0, 0.1) is 0 Å². The molecule has 0 aliphatic heterocycles. The summed E-state index contributed by atoms with van der Waals surface area (Å²) in [4.78, 5) is 40.9. The van der Waals surface area contributed by atoms with Gasteiger partial charge in [0.25, 0.3) is 5.91 Å². The van der Waals surface area contributed by atoms with E-state index in [1.807, 2.05) is 0 Å². The first-order valence-electron chi connectivity index (χ1n) is 9.01. The largest absolute Gasteiger partial charge is 0.462 e. The summed E-state index contributed by atoms with van der Waals surface area (Å²) in [7, 11) is 0. The molecule has 31 heavy (non-hydrogen) atoms. The second kappa shape index (κ2) is 10.5. The number of anilines is 1. The van der Waals surface area contributed by atoms with E-state index in [-0.39, 0.29) is 22.7 Å². The number of ether oxygens (including phenoxy) is 2. The lowest BCUT2D eigenvalue weighted by Crippen LogP contribution is -2.21. The Bertz CT molecular complexity index is 1130. The maximum absolute atomic E-state index is 12.6. The van der Waals surface area contributed by atoms with Crippen molar-refractivity contribution in [2.24, 2.45) is 0 Å². The lowest BCUT2D eigenvalue weighted by Gasteiger charge is -2.10. The van der Waals surface area contributed by atoms with Gasteiger partial charge in [0.15, 0.2) is 6.61 Å². The van der Waals surface area contributed by atoms with Crippen LogP contribution < -0.4 is 5.32 Å². The number of esters is 2. The monoisotopic (exact) mass is 522 g/mol. The third-order valence-corrected chi connectivity index (χ3v) is 5.62. The molecular weight excluding hydrogens is 508 g/mol. The van der Waals surface area contributed by atoms with Crippen LogP contribution in [0.3, 0.4) is 0 Å². The molecule has 0 atom stereocenters. The molecule has 0 radical (unpaired) electrons. The first kappa shape index (κ1) is 22.9. The quantitative estimate of drug-likeness (QED) is 0.428. The fourth-order valence-corrected chi connectivity index (χ4v) is 4.20. The van der Waals surface area contributed by atoms with Gasteiger partial charge in [-0.1, -0.05) is 29.8 Å². The fourth-order valence-electron chi connectivity index (χ4n) is 2.63. The molecule has 0 aliphatic rings. The molecule has 2 heterocycles. The Labute approximate surface area is 195 Å². The minimum Gasteiger partial charge on any atom is -0.462 e. The zero-order valence-electron chi connectivity index (χ0n) is 16.2. The third kappa shape index (κ3) is 5.69. The molecule has 1 N–H and O–H groups in total. The van der Waals surface area contributed by atoms with Gasteiger partial charge >= 0.3 is 11.9 Å². The molecule has 0 fully saturated rings. The summed E-state index contributed by atoms with van der Waals surface area (Å²) in [5.41, 5.74) is 1.57. The Morgan fingerprint density at radius 2 is 1.90 bits per heavy atom. The maximum atomic E-state index is 12.6. The molecule has 10 heteroatoms. The Hall–Kier alpha value is -2.75. The van der Waals surface area contributed by atoms with Crippen molar-refractivity contribution in [1.29, 1.82) is 0 Å². The second-order valence-electron chi connectivity index (χ2n) is 6.07. The van der Waals surface area contributed by atoms with Crippen molar-refractivity contribution >= 4 is 61.7 Å². The Kier molecular flexibility index (Phi) is 7.78. The van der Waals surface area contributed by atoms with Crippen LogP contribution in [0.15, 0.2) is 52.6 Å².